The highest BCUT2D eigenvalue weighted by molar-refractivity contribution is 5.70. The van der Waals surface area contributed by atoms with Crippen molar-refractivity contribution < 1.29 is 23.8 Å². The van der Waals surface area contributed by atoms with E-state index in [9.17, 15) is 9.59 Å². The Bertz CT molecular complexity index is 1380. The van der Waals surface area contributed by atoms with Gasteiger partial charge < -0.3 is 14.2 Å². The van der Waals surface area contributed by atoms with E-state index in [-0.39, 0.29) is 31.6 Å². The summed E-state index contributed by atoms with van der Waals surface area (Å²) in [6, 6.07) is 0. The van der Waals surface area contributed by atoms with Gasteiger partial charge in [-0.1, -0.05) is 205 Å². The second-order valence-electron chi connectivity index (χ2n) is 15.3. The van der Waals surface area contributed by atoms with E-state index in [1.165, 1.54) is 25.7 Å². The molecule has 1 unspecified atom stereocenters. The Morgan fingerprint density at radius 2 is 0.742 bits per heavy atom. The minimum atomic E-state index is -0.604. The van der Waals surface area contributed by atoms with Gasteiger partial charge in [0.15, 0.2) is 6.10 Å². The smallest absolute Gasteiger partial charge is 0.306 e. The zero-order chi connectivity index (χ0) is 44.9. The van der Waals surface area contributed by atoms with Crippen molar-refractivity contribution in [3.05, 3.63) is 146 Å². The number of carbonyl (C=O) groups excluding carboxylic acids is 2. The van der Waals surface area contributed by atoms with Gasteiger partial charge in [0.05, 0.1) is 6.61 Å². The average molecular weight is 853 g/mol. The van der Waals surface area contributed by atoms with E-state index in [0.717, 1.165) is 109 Å². The van der Waals surface area contributed by atoms with Crippen LogP contribution in [0.15, 0.2) is 146 Å². The molecule has 0 amide bonds. The van der Waals surface area contributed by atoms with Crippen LogP contribution in [0.5, 0.6) is 0 Å². The van der Waals surface area contributed by atoms with Crippen LogP contribution < -0.4 is 0 Å². The Balaban J connectivity index is 4.39. The van der Waals surface area contributed by atoms with Gasteiger partial charge in [0.25, 0.3) is 0 Å². The zero-order valence-electron chi connectivity index (χ0n) is 39.6. The number of rotatable bonds is 42. The first-order valence-electron chi connectivity index (χ1n) is 24.4. The second kappa shape index (κ2) is 51.1. The topological polar surface area (TPSA) is 61.8 Å². The van der Waals surface area contributed by atoms with Crippen LogP contribution in [0.25, 0.3) is 0 Å². The number of esters is 2. The summed E-state index contributed by atoms with van der Waals surface area (Å²) in [5, 5.41) is 0. The molecule has 0 saturated carbocycles. The molecule has 0 aliphatic rings. The fraction of sp³-hybridized carbons (Fsp3) is 0.544. The maximum absolute atomic E-state index is 12.7. The van der Waals surface area contributed by atoms with E-state index >= 15 is 0 Å². The molecule has 5 heteroatoms. The van der Waals surface area contributed by atoms with Gasteiger partial charge in [-0.2, -0.15) is 0 Å². The van der Waals surface area contributed by atoms with Gasteiger partial charge in [0, 0.05) is 19.4 Å². The van der Waals surface area contributed by atoms with E-state index in [2.05, 4.69) is 161 Å². The van der Waals surface area contributed by atoms with Crippen molar-refractivity contribution in [3.63, 3.8) is 0 Å². The molecule has 0 spiro atoms. The molecule has 0 saturated heterocycles. The molecule has 5 nitrogen and oxygen atoms in total. The molecule has 0 rings (SSSR count). The van der Waals surface area contributed by atoms with Crippen molar-refractivity contribution in [2.45, 2.75) is 181 Å². The Labute approximate surface area is 381 Å². The van der Waals surface area contributed by atoms with Gasteiger partial charge in [-0.3, -0.25) is 9.59 Å². The van der Waals surface area contributed by atoms with Crippen molar-refractivity contribution >= 4 is 11.9 Å². The van der Waals surface area contributed by atoms with E-state index in [1.807, 2.05) is 6.08 Å². The lowest BCUT2D eigenvalue weighted by Gasteiger charge is -2.18. The highest BCUT2D eigenvalue weighted by Gasteiger charge is 2.17. The van der Waals surface area contributed by atoms with Gasteiger partial charge >= 0.3 is 11.9 Å². The van der Waals surface area contributed by atoms with Gasteiger partial charge in [0.1, 0.15) is 6.61 Å². The van der Waals surface area contributed by atoms with E-state index in [4.69, 9.17) is 14.2 Å². The summed E-state index contributed by atoms with van der Waals surface area (Å²) in [5.41, 5.74) is 0. The van der Waals surface area contributed by atoms with Crippen molar-refractivity contribution in [2.75, 3.05) is 19.8 Å². The number of unbranched alkanes of at least 4 members (excludes halogenated alkanes) is 7. The number of hydrogen-bond acceptors (Lipinski definition) is 5. The van der Waals surface area contributed by atoms with Gasteiger partial charge in [0.2, 0.25) is 0 Å². The normalized spacial score (nSPS) is 13.5. The highest BCUT2D eigenvalue weighted by Crippen LogP contribution is 2.10. The lowest BCUT2D eigenvalue weighted by atomic mass is 10.1. The molecule has 0 bridgehead atoms. The molecule has 0 aliphatic heterocycles. The minimum absolute atomic E-state index is 0.0124. The van der Waals surface area contributed by atoms with Crippen molar-refractivity contribution in [3.8, 4) is 0 Å². The van der Waals surface area contributed by atoms with Crippen LogP contribution in [0.4, 0.5) is 0 Å². The molecular formula is C57H88O5. The fourth-order valence-electron chi connectivity index (χ4n) is 5.84. The van der Waals surface area contributed by atoms with E-state index in [1.54, 1.807) is 0 Å². The summed E-state index contributed by atoms with van der Waals surface area (Å²) >= 11 is 0. The molecule has 0 aromatic carbocycles. The van der Waals surface area contributed by atoms with Crippen molar-refractivity contribution in [1.82, 2.24) is 0 Å². The first-order chi connectivity index (χ1) is 30.6. The van der Waals surface area contributed by atoms with Crippen LogP contribution in [0.1, 0.15) is 175 Å². The third-order valence-corrected chi connectivity index (χ3v) is 9.38. The van der Waals surface area contributed by atoms with Crippen LogP contribution in [0, 0.1) is 0 Å². The summed E-state index contributed by atoms with van der Waals surface area (Å²) in [7, 11) is 0. The Kier molecular flexibility index (Phi) is 47.7. The molecule has 0 radical (unpaired) electrons. The Morgan fingerprint density at radius 3 is 1.16 bits per heavy atom. The van der Waals surface area contributed by atoms with Crippen LogP contribution in [-0.4, -0.2) is 37.9 Å². The Hall–Kier alpha value is -4.22. The molecule has 346 valence electrons. The van der Waals surface area contributed by atoms with Crippen LogP contribution in [-0.2, 0) is 23.8 Å². The predicted octanol–water partition coefficient (Wildman–Crippen LogP) is 16.6. The molecule has 1 atom stereocenters. The summed E-state index contributed by atoms with van der Waals surface area (Å²) in [6.45, 7) is 7.30. The summed E-state index contributed by atoms with van der Waals surface area (Å²) in [6.07, 6.45) is 74.6. The highest BCUT2D eigenvalue weighted by atomic mass is 16.6. The SMILES string of the molecule is CC/C=C\C/C=C\C/C=C\C/C=C\C/C=C\C/C=C\CCCOCC(COC(=O)CC/C=C\C/C=C\C/C=C\C/C=C\C/C=C\C/C=C\CC)OC(=O)CCCCCCCCC. The number of hydrogen-bond donors (Lipinski definition) is 0. The third kappa shape index (κ3) is 48.4. The van der Waals surface area contributed by atoms with Crippen molar-refractivity contribution in [1.29, 1.82) is 0 Å². The summed E-state index contributed by atoms with van der Waals surface area (Å²) in [5.74, 6) is -0.547. The van der Waals surface area contributed by atoms with Gasteiger partial charge in [-0.05, 0) is 103 Å². The molecule has 0 aliphatic carbocycles. The van der Waals surface area contributed by atoms with Crippen molar-refractivity contribution in [2.24, 2.45) is 0 Å². The molecular weight excluding hydrogens is 765 g/mol. The average Bonchev–Trinajstić information content (AvgIpc) is 3.27. The third-order valence-electron chi connectivity index (χ3n) is 9.38. The zero-order valence-corrected chi connectivity index (χ0v) is 39.6. The maximum Gasteiger partial charge on any atom is 0.306 e. The van der Waals surface area contributed by atoms with Crippen LogP contribution >= 0.6 is 0 Å². The molecule has 0 aromatic heterocycles. The monoisotopic (exact) mass is 853 g/mol. The Morgan fingerprint density at radius 1 is 0.371 bits per heavy atom. The number of ether oxygens (including phenoxy) is 3. The van der Waals surface area contributed by atoms with E-state index < -0.39 is 6.10 Å². The maximum atomic E-state index is 12.7. The van der Waals surface area contributed by atoms with E-state index in [0.29, 0.717) is 19.4 Å². The van der Waals surface area contributed by atoms with Gasteiger partial charge in [-0.15, -0.1) is 0 Å². The second-order valence-corrected chi connectivity index (χ2v) is 15.3. The standard InChI is InChI=1S/C57H88O5/c1-4-7-10-13-16-18-20-22-24-26-28-30-32-34-36-38-40-43-46-49-52-60-53-55(62-57(59)51-48-45-41-15-12-9-6-3)54-61-56(58)50-47-44-42-39-37-35-33-31-29-27-25-23-21-19-17-14-11-8-5-2/h7-8,10-11,16-19,22-25,28-31,34-37,40,42-44,55H,4-6,9,12-15,20-21,26-27,32-33,38-39,41,45-54H2,1-3H3/b10-7-,11-8-,18-16-,19-17-,24-22-,25-23-,30-28-,31-29-,36-34-,37-35-,43-40-,44-42-. The van der Waals surface area contributed by atoms with Crippen LogP contribution in [0.2, 0.25) is 0 Å². The van der Waals surface area contributed by atoms with Gasteiger partial charge in [-0.25, -0.2) is 0 Å². The number of carbonyl (C=O) groups is 2. The quantitative estimate of drug-likeness (QED) is 0.0348. The predicted molar refractivity (Wildman–Crippen MR) is 269 cm³/mol. The minimum Gasteiger partial charge on any atom is -0.462 e. The number of allylic oxidation sites excluding steroid dienone is 24. The molecule has 0 N–H and O–H groups in total. The molecule has 0 heterocycles. The summed E-state index contributed by atoms with van der Waals surface area (Å²) < 4.78 is 17.1. The molecule has 0 aromatic rings. The summed E-state index contributed by atoms with van der Waals surface area (Å²) in [4.78, 5) is 25.2. The fourth-order valence-corrected chi connectivity index (χ4v) is 5.84. The first-order valence-corrected chi connectivity index (χ1v) is 24.4. The molecule has 0 fully saturated rings. The largest absolute Gasteiger partial charge is 0.462 e. The lowest BCUT2D eigenvalue weighted by Crippen LogP contribution is -2.30. The molecule has 62 heavy (non-hydrogen) atoms. The first kappa shape index (κ1) is 57.8. The lowest BCUT2D eigenvalue weighted by molar-refractivity contribution is -0.162. The van der Waals surface area contributed by atoms with Crippen LogP contribution in [0.3, 0.4) is 0 Å².